The molecule has 0 spiro atoms. The molecule has 5 rings (SSSR count). The van der Waals surface area contributed by atoms with Crippen LogP contribution in [0, 0.1) is 0 Å². The molecule has 0 aliphatic heterocycles. The molecular weight excluding hydrogens is 320 g/mol. The van der Waals surface area contributed by atoms with Crippen LogP contribution in [0.5, 0.6) is 0 Å². The molecule has 6 nitrogen and oxygen atoms in total. The van der Waals surface area contributed by atoms with E-state index < -0.39 is 5.97 Å². The predicted octanol–water partition coefficient (Wildman–Crippen LogP) is 4.40. The second-order valence-electron chi connectivity index (χ2n) is 6.38. The summed E-state index contributed by atoms with van der Waals surface area (Å²) in [6, 6.07) is 10.6. The van der Waals surface area contributed by atoms with Crippen molar-refractivity contribution in [3.8, 4) is 11.7 Å². The average molecular weight is 334 g/mol. The van der Waals surface area contributed by atoms with Gasteiger partial charge in [-0.15, -0.1) is 0 Å². The Bertz CT molecular complexity index is 1150. The monoisotopic (exact) mass is 334 g/mol. The van der Waals surface area contributed by atoms with Crippen LogP contribution in [0.1, 0.15) is 34.7 Å². The smallest absolute Gasteiger partial charge is 0.335 e. The van der Waals surface area contributed by atoms with Gasteiger partial charge < -0.3 is 19.7 Å². The second kappa shape index (κ2) is 4.86. The number of nitrogen functional groups attached to an aromatic ring is 1. The fraction of sp³-hybridized carbons (Fsp3) is 0.158. The zero-order valence-corrected chi connectivity index (χ0v) is 13.2. The molecule has 2 aromatic carbocycles. The molecule has 1 aliphatic carbocycles. The Labute approximate surface area is 141 Å². The van der Waals surface area contributed by atoms with Crippen molar-refractivity contribution in [2.24, 2.45) is 0 Å². The number of oxazole rings is 1. The number of aromatic carboxylic acids is 1. The molecule has 0 radical (unpaired) electrons. The van der Waals surface area contributed by atoms with E-state index in [9.17, 15) is 4.79 Å². The number of anilines is 1. The van der Waals surface area contributed by atoms with E-state index >= 15 is 0 Å². The number of hydrogen-bond acceptors (Lipinski definition) is 5. The molecular formula is C19H14N2O4. The molecule has 3 N–H and O–H groups in total. The first-order chi connectivity index (χ1) is 12.1. The minimum Gasteiger partial charge on any atom is -0.478 e. The second-order valence-corrected chi connectivity index (χ2v) is 6.38. The maximum atomic E-state index is 11.1. The van der Waals surface area contributed by atoms with E-state index in [0.29, 0.717) is 34.0 Å². The molecule has 124 valence electrons. The maximum Gasteiger partial charge on any atom is 0.335 e. The summed E-state index contributed by atoms with van der Waals surface area (Å²) in [6.45, 7) is 0. The number of fused-ring (bicyclic) bond motifs is 2. The van der Waals surface area contributed by atoms with Gasteiger partial charge in [-0.2, -0.15) is 0 Å². The van der Waals surface area contributed by atoms with Crippen LogP contribution in [0.4, 0.5) is 5.69 Å². The number of carboxylic acids is 1. The maximum absolute atomic E-state index is 11.1. The standard InChI is InChI=1S/C19H14N2O4/c20-16-12-7-10(9-1-2-9)4-6-14(12)24-17(16)18-21-13-5-3-11(19(22)23)8-15(13)25-18/h3-9H,1-2,20H2,(H,22,23). The fourth-order valence-corrected chi connectivity index (χ4v) is 3.12. The van der Waals surface area contributed by atoms with E-state index in [4.69, 9.17) is 19.7 Å². The van der Waals surface area contributed by atoms with Gasteiger partial charge in [-0.25, -0.2) is 9.78 Å². The molecule has 0 unspecified atom stereocenters. The molecule has 25 heavy (non-hydrogen) atoms. The summed E-state index contributed by atoms with van der Waals surface area (Å²) in [5.74, 6) is 0.229. The highest BCUT2D eigenvalue weighted by Gasteiger charge is 2.25. The van der Waals surface area contributed by atoms with Crippen molar-refractivity contribution >= 4 is 33.7 Å². The quantitative estimate of drug-likeness (QED) is 0.575. The number of rotatable bonds is 3. The molecule has 1 aliphatic rings. The minimum absolute atomic E-state index is 0.141. The van der Waals surface area contributed by atoms with Crippen LogP contribution in [-0.4, -0.2) is 16.1 Å². The molecule has 0 bridgehead atoms. The number of nitrogens with zero attached hydrogens (tertiary/aromatic N) is 1. The van der Waals surface area contributed by atoms with Gasteiger partial charge in [0, 0.05) is 5.39 Å². The van der Waals surface area contributed by atoms with Crippen LogP contribution in [0.3, 0.4) is 0 Å². The number of benzene rings is 2. The Morgan fingerprint density at radius 2 is 1.96 bits per heavy atom. The number of hydrogen-bond donors (Lipinski definition) is 2. The van der Waals surface area contributed by atoms with Gasteiger partial charge in [0.1, 0.15) is 11.1 Å². The van der Waals surface area contributed by atoms with Gasteiger partial charge in [-0.05, 0) is 54.7 Å². The average Bonchev–Trinajstić information content (AvgIpc) is 3.29. The normalized spacial score (nSPS) is 14.4. The number of carbonyl (C=O) groups is 1. The lowest BCUT2D eigenvalue weighted by Crippen LogP contribution is -1.94. The van der Waals surface area contributed by atoms with Gasteiger partial charge in [0.2, 0.25) is 5.76 Å². The third kappa shape index (κ3) is 2.18. The van der Waals surface area contributed by atoms with Crippen LogP contribution in [0.15, 0.2) is 45.2 Å². The zero-order chi connectivity index (χ0) is 17.1. The van der Waals surface area contributed by atoms with Crippen molar-refractivity contribution in [1.82, 2.24) is 4.98 Å². The van der Waals surface area contributed by atoms with Crippen LogP contribution in [-0.2, 0) is 0 Å². The lowest BCUT2D eigenvalue weighted by atomic mass is 10.1. The Morgan fingerprint density at radius 1 is 1.12 bits per heavy atom. The van der Waals surface area contributed by atoms with Crippen LogP contribution in [0.25, 0.3) is 33.7 Å². The van der Waals surface area contributed by atoms with Gasteiger partial charge in [0.15, 0.2) is 5.58 Å². The summed E-state index contributed by atoms with van der Waals surface area (Å²) >= 11 is 0. The molecule has 6 heteroatoms. The van der Waals surface area contributed by atoms with Crippen molar-refractivity contribution in [3.63, 3.8) is 0 Å². The third-order valence-corrected chi connectivity index (χ3v) is 4.63. The van der Waals surface area contributed by atoms with Crippen LogP contribution < -0.4 is 5.73 Å². The molecule has 0 saturated heterocycles. The SMILES string of the molecule is Nc1c(-c2nc3ccc(C(=O)O)cc3o2)oc2ccc(C3CC3)cc12. The Balaban J connectivity index is 1.65. The van der Waals surface area contributed by atoms with Crippen molar-refractivity contribution in [2.75, 3.05) is 5.73 Å². The predicted molar refractivity (Wildman–Crippen MR) is 92.6 cm³/mol. The van der Waals surface area contributed by atoms with Crippen molar-refractivity contribution in [3.05, 3.63) is 47.5 Å². The first-order valence-corrected chi connectivity index (χ1v) is 8.06. The van der Waals surface area contributed by atoms with Gasteiger partial charge in [-0.1, -0.05) is 6.07 Å². The number of furan rings is 1. The first kappa shape index (κ1) is 14.1. The Morgan fingerprint density at radius 3 is 2.72 bits per heavy atom. The third-order valence-electron chi connectivity index (χ3n) is 4.63. The first-order valence-electron chi connectivity index (χ1n) is 8.06. The van der Waals surface area contributed by atoms with Crippen molar-refractivity contribution in [2.45, 2.75) is 18.8 Å². The molecule has 0 amide bonds. The summed E-state index contributed by atoms with van der Waals surface area (Å²) in [7, 11) is 0. The van der Waals surface area contributed by atoms with E-state index in [2.05, 4.69) is 17.1 Å². The summed E-state index contributed by atoms with van der Waals surface area (Å²) in [4.78, 5) is 15.5. The minimum atomic E-state index is -1.02. The van der Waals surface area contributed by atoms with E-state index in [1.54, 1.807) is 6.07 Å². The van der Waals surface area contributed by atoms with Gasteiger partial charge in [0.05, 0.1) is 11.3 Å². The van der Waals surface area contributed by atoms with Crippen molar-refractivity contribution < 1.29 is 18.7 Å². The highest BCUT2D eigenvalue weighted by atomic mass is 16.4. The number of nitrogens with two attached hydrogens (primary N) is 1. The fourth-order valence-electron chi connectivity index (χ4n) is 3.12. The highest BCUT2D eigenvalue weighted by Crippen LogP contribution is 2.43. The molecule has 1 saturated carbocycles. The largest absolute Gasteiger partial charge is 0.478 e. The molecule has 2 heterocycles. The van der Waals surface area contributed by atoms with Gasteiger partial charge >= 0.3 is 5.97 Å². The Hall–Kier alpha value is -3.28. The van der Waals surface area contributed by atoms with Gasteiger partial charge in [0.25, 0.3) is 5.89 Å². The molecule has 4 aromatic rings. The number of aromatic nitrogens is 1. The van der Waals surface area contributed by atoms with Crippen LogP contribution in [0.2, 0.25) is 0 Å². The van der Waals surface area contributed by atoms with E-state index in [0.717, 1.165) is 5.39 Å². The summed E-state index contributed by atoms with van der Waals surface area (Å²) in [5, 5.41) is 9.94. The molecule has 2 aromatic heterocycles. The van der Waals surface area contributed by atoms with Crippen LogP contribution >= 0.6 is 0 Å². The lowest BCUT2D eigenvalue weighted by Gasteiger charge is -1.97. The lowest BCUT2D eigenvalue weighted by molar-refractivity contribution is 0.0697. The highest BCUT2D eigenvalue weighted by molar-refractivity contribution is 5.98. The summed E-state index contributed by atoms with van der Waals surface area (Å²) in [6.07, 6.45) is 2.43. The number of carboxylic acid groups (broad SMARTS) is 1. The van der Waals surface area contributed by atoms with E-state index in [1.165, 1.54) is 30.5 Å². The summed E-state index contributed by atoms with van der Waals surface area (Å²) < 4.78 is 11.5. The molecule has 1 fully saturated rings. The van der Waals surface area contributed by atoms with Crippen molar-refractivity contribution in [1.29, 1.82) is 0 Å². The zero-order valence-electron chi connectivity index (χ0n) is 13.2. The summed E-state index contributed by atoms with van der Waals surface area (Å²) in [5.41, 5.74) is 9.80. The Kier molecular flexibility index (Phi) is 2.74. The molecule has 0 atom stereocenters. The van der Waals surface area contributed by atoms with E-state index in [1.807, 2.05) is 6.07 Å². The van der Waals surface area contributed by atoms with Gasteiger partial charge in [-0.3, -0.25) is 0 Å². The topological polar surface area (TPSA) is 102 Å². The van der Waals surface area contributed by atoms with E-state index in [-0.39, 0.29) is 11.5 Å².